The lowest BCUT2D eigenvalue weighted by atomic mass is 10.1. The molecule has 0 aliphatic carbocycles. The molecule has 4 heteroatoms. The number of anilines is 1. The Hall–Kier alpha value is -2.62. The second-order valence-electron chi connectivity index (χ2n) is 5.58. The molecule has 0 aromatic heterocycles. The summed E-state index contributed by atoms with van der Waals surface area (Å²) in [6, 6.07) is 15.8. The van der Waals surface area contributed by atoms with Gasteiger partial charge in [-0.15, -0.1) is 0 Å². The van der Waals surface area contributed by atoms with Gasteiger partial charge in [0.1, 0.15) is 5.84 Å². The number of aliphatic imine (C=N–C) groups is 1. The first-order chi connectivity index (χ1) is 11.2. The third kappa shape index (κ3) is 3.11. The van der Waals surface area contributed by atoms with Crippen molar-refractivity contribution in [3.05, 3.63) is 59.7 Å². The van der Waals surface area contributed by atoms with E-state index < -0.39 is 0 Å². The van der Waals surface area contributed by atoms with Crippen LogP contribution in [0.4, 0.5) is 11.4 Å². The van der Waals surface area contributed by atoms with E-state index in [0.29, 0.717) is 11.3 Å². The topological polar surface area (TPSA) is 41.9 Å². The Balaban J connectivity index is 2.03. The summed E-state index contributed by atoms with van der Waals surface area (Å²) in [7, 11) is 1.40. The number of rotatable bonds is 3. The average molecular weight is 308 g/mol. The number of ether oxygens (including phenoxy) is 1. The highest BCUT2D eigenvalue weighted by atomic mass is 16.5. The molecule has 2 aromatic rings. The van der Waals surface area contributed by atoms with Gasteiger partial charge in [-0.3, -0.25) is 0 Å². The molecule has 0 amide bonds. The summed E-state index contributed by atoms with van der Waals surface area (Å²) in [6.07, 6.45) is 1.97. The summed E-state index contributed by atoms with van der Waals surface area (Å²) >= 11 is 0. The molecular formula is C19H20N2O2. The van der Waals surface area contributed by atoms with Gasteiger partial charge in [-0.2, -0.15) is 0 Å². The fourth-order valence-electron chi connectivity index (χ4n) is 2.87. The molecule has 1 aliphatic rings. The normalized spacial score (nSPS) is 15.9. The molecule has 1 saturated heterocycles. The summed E-state index contributed by atoms with van der Waals surface area (Å²) in [5.74, 6) is 0.646. The van der Waals surface area contributed by atoms with Crippen LogP contribution in [0.5, 0.6) is 0 Å². The van der Waals surface area contributed by atoms with Crippen LogP contribution in [0.2, 0.25) is 0 Å². The van der Waals surface area contributed by atoms with Crippen molar-refractivity contribution >= 4 is 23.2 Å². The molecular weight excluding hydrogens is 288 g/mol. The Bertz CT molecular complexity index is 738. The van der Waals surface area contributed by atoms with Gasteiger partial charge in [-0.25, -0.2) is 9.79 Å². The van der Waals surface area contributed by atoms with Gasteiger partial charge >= 0.3 is 5.97 Å². The Kier molecular flexibility index (Phi) is 4.42. The summed E-state index contributed by atoms with van der Waals surface area (Å²) in [5, 5.41) is 0. The lowest BCUT2D eigenvalue weighted by molar-refractivity contribution is 0.0601. The van der Waals surface area contributed by atoms with Crippen molar-refractivity contribution < 1.29 is 9.53 Å². The number of hydrogen-bond acceptors (Lipinski definition) is 3. The number of hydrogen-bond donors (Lipinski definition) is 0. The van der Waals surface area contributed by atoms with Crippen molar-refractivity contribution in [1.29, 1.82) is 0 Å². The number of esters is 1. The SMILES string of the molecule is COC(=O)c1cccc(C)c1N=C1CCCN1c1ccccc1. The van der Waals surface area contributed by atoms with E-state index in [2.05, 4.69) is 17.0 Å². The minimum absolute atomic E-state index is 0.350. The number of nitrogens with zero attached hydrogens (tertiary/aromatic N) is 2. The number of amidine groups is 1. The minimum Gasteiger partial charge on any atom is -0.465 e. The van der Waals surface area contributed by atoms with Crippen molar-refractivity contribution in [2.24, 2.45) is 4.99 Å². The molecule has 2 aromatic carbocycles. The molecule has 3 rings (SSSR count). The maximum absolute atomic E-state index is 12.0. The summed E-state index contributed by atoms with van der Waals surface area (Å²) in [4.78, 5) is 19.0. The van der Waals surface area contributed by atoms with Crippen LogP contribution in [-0.4, -0.2) is 25.5 Å². The van der Waals surface area contributed by atoms with Crippen molar-refractivity contribution in [2.75, 3.05) is 18.6 Å². The lowest BCUT2D eigenvalue weighted by Crippen LogP contribution is -2.24. The maximum atomic E-state index is 12.0. The summed E-state index contributed by atoms with van der Waals surface area (Å²) in [6.45, 7) is 2.91. The van der Waals surface area contributed by atoms with Crippen LogP contribution in [0.25, 0.3) is 0 Å². The van der Waals surface area contributed by atoms with Gasteiger partial charge in [0.25, 0.3) is 0 Å². The molecule has 0 N–H and O–H groups in total. The Morgan fingerprint density at radius 2 is 1.91 bits per heavy atom. The van der Waals surface area contributed by atoms with Crippen LogP contribution in [0.15, 0.2) is 53.5 Å². The summed E-state index contributed by atoms with van der Waals surface area (Å²) in [5.41, 5.74) is 3.33. The van der Waals surface area contributed by atoms with E-state index >= 15 is 0 Å². The first-order valence-corrected chi connectivity index (χ1v) is 7.79. The molecule has 0 radical (unpaired) electrons. The zero-order valence-electron chi connectivity index (χ0n) is 13.5. The standard InChI is InChI=1S/C19H20N2O2/c1-14-8-6-11-16(19(22)23-2)18(14)20-17-12-7-13-21(17)15-9-4-3-5-10-15/h3-6,8-11H,7,12-13H2,1-2H3. The third-order valence-electron chi connectivity index (χ3n) is 4.05. The van der Waals surface area contributed by atoms with Gasteiger partial charge in [0, 0.05) is 18.7 Å². The van der Waals surface area contributed by atoms with Crippen LogP contribution < -0.4 is 4.90 Å². The van der Waals surface area contributed by atoms with Crippen LogP contribution >= 0.6 is 0 Å². The van der Waals surface area contributed by atoms with E-state index in [9.17, 15) is 4.79 Å². The number of carbonyl (C=O) groups is 1. The highest BCUT2D eigenvalue weighted by molar-refractivity contribution is 6.03. The number of carbonyl (C=O) groups excluding carboxylic acids is 1. The van der Waals surface area contributed by atoms with Crippen molar-refractivity contribution in [1.82, 2.24) is 0 Å². The van der Waals surface area contributed by atoms with Crippen LogP contribution in [-0.2, 0) is 4.74 Å². The Morgan fingerprint density at radius 3 is 2.65 bits per heavy atom. The van der Waals surface area contributed by atoms with Gasteiger partial charge in [0.2, 0.25) is 0 Å². The van der Waals surface area contributed by atoms with E-state index in [-0.39, 0.29) is 5.97 Å². The molecule has 23 heavy (non-hydrogen) atoms. The number of aryl methyl sites for hydroxylation is 1. The Labute approximate surface area is 136 Å². The zero-order chi connectivity index (χ0) is 16.2. The molecule has 1 aliphatic heterocycles. The van der Waals surface area contributed by atoms with Gasteiger partial charge in [-0.05, 0) is 37.1 Å². The monoisotopic (exact) mass is 308 g/mol. The second-order valence-corrected chi connectivity index (χ2v) is 5.58. The number of para-hydroxylation sites is 2. The molecule has 0 saturated carbocycles. The largest absolute Gasteiger partial charge is 0.465 e. The van der Waals surface area contributed by atoms with E-state index in [4.69, 9.17) is 9.73 Å². The minimum atomic E-state index is -0.350. The number of methoxy groups -OCH3 is 1. The second kappa shape index (κ2) is 6.65. The predicted octanol–water partition coefficient (Wildman–Crippen LogP) is 4.11. The highest BCUT2D eigenvalue weighted by Crippen LogP contribution is 2.29. The first kappa shape index (κ1) is 15.3. The van der Waals surface area contributed by atoms with Crippen LogP contribution in [0, 0.1) is 6.92 Å². The zero-order valence-corrected chi connectivity index (χ0v) is 13.5. The quantitative estimate of drug-likeness (QED) is 0.801. The molecule has 0 atom stereocenters. The van der Waals surface area contributed by atoms with Crippen molar-refractivity contribution in [2.45, 2.75) is 19.8 Å². The average Bonchev–Trinajstić information content (AvgIpc) is 3.05. The van der Waals surface area contributed by atoms with Crippen molar-refractivity contribution in [3.63, 3.8) is 0 Å². The van der Waals surface area contributed by atoms with Crippen LogP contribution in [0.3, 0.4) is 0 Å². The fourth-order valence-corrected chi connectivity index (χ4v) is 2.87. The van der Waals surface area contributed by atoms with E-state index in [1.54, 1.807) is 6.07 Å². The third-order valence-corrected chi connectivity index (χ3v) is 4.05. The van der Waals surface area contributed by atoms with Crippen LogP contribution in [0.1, 0.15) is 28.8 Å². The van der Waals surface area contributed by atoms with E-state index in [1.807, 2.05) is 37.3 Å². The van der Waals surface area contributed by atoms with Gasteiger partial charge < -0.3 is 9.64 Å². The van der Waals surface area contributed by atoms with Gasteiger partial charge in [0.05, 0.1) is 18.4 Å². The molecule has 0 unspecified atom stereocenters. The molecule has 4 nitrogen and oxygen atoms in total. The fraction of sp³-hybridized carbons (Fsp3) is 0.263. The smallest absolute Gasteiger partial charge is 0.340 e. The first-order valence-electron chi connectivity index (χ1n) is 7.79. The molecule has 1 fully saturated rings. The number of benzene rings is 2. The van der Waals surface area contributed by atoms with Crippen molar-refractivity contribution in [3.8, 4) is 0 Å². The Morgan fingerprint density at radius 1 is 1.13 bits per heavy atom. The lowest BCUT2D eigenvalue weighted by Gasteiger charge is -2.19. The molecule has 0 spiro atoms. The summed E-state index contributed by atoms with van der Waals surface area (Å²) < 4.78 is 4.89. The molecule has 1 heterocycles. The highest BCUT2D eigenvalue weighted by Gasteiger charge is 2.22. The van der Waals surface area contributed by atoms with Gasteiger partial charge in [0.15, 0.2) is 0 Å². The molecule has 0 bridgehead atoms. The van der Waals surface area contributed by atoms with E-state index in [0.717, 1.165) is 36.5 Å². The maximum Gasteiger partial charge on any atom is 0.340 e. The predicted molar refractivity (Wildman–Crippen MR) is 92.6 cm³/mol. The molecule has 118 valence electrons. The van der Waals surface area contributed by atoms with Gasteiger partial charge in [-0.1, -0.05) is 30.3 Å². The van der Waals surface area contributed by atoms with E-state index in [1.165, 1.54) is 7.11 Å².